The molecule has 6 atom stereocenters. The Balaban J connectivity index is 1.63. The van der Waals surface area contributed by atoms with Crippen LogP contribution in [-0.4, -0.2) is 64.2 Å². The Morgan fingerprint density at radius 3 is 2.65 bits per heavy atom. The number of ether oxygens (including phenoxy) is 3. The summed E-state index contributed by atoms with van der Waals surface area (Å²) in [5.41, 5.74) is 0.779. The van der Waals surface area contributed by atoms with Gasteiger partial charge in [-0.2, -0.15) is 0 Å². The number of hydrogen-bond acceptors (Lipinski definition) is 9. The van der Waals surface area contributed by atoms with Gasteiger partial charge in [0.15, 0.2) is 17.9 Å². The van der Waals surface area contributed by atoms with E-state index in [-0.39, 0.29) is 58.3 Å². The van der Waals surface area contributed by atoms with Gasteiger partial charge in [0.1, 0.15) is 24.2 Å². The largest absolute Gasteiger partial charge is 0.507 e. The lowest BCUT2D eigenvalue weighted by Crippen LogP contribution is -2.35. The van der Waals surface area contributed by atoms with Gasteiger partial charge < -0.3 is 34.6 Å². The van der Waals surface area contributed by atoms with Crippen LogP contribution in [0.15, 0.2) is 23.3 Å². The number of benzene rings is 1. The first kappa shape index (κ1) is 26.1. The lowest BCUT2D eigenvalue weighted by atomic mass is 9.72. The van der Waals surface area contributed by atoms with E-state index in [0.717, 1.165) is 19.3 Å². The van der Waals surface area contributed by atoms with Gasteiger partial charge in [-0.3, -0.25) is 9.59 Å². The molecule has 9 nitrogen and oxygen atoms in total. The summed E-state index contributed by atoms with van der Waals surface area (Å²) in [6.07, 6.45) is 3.98. The number of aliphatic hydroxyl groups is 2. The third-order valence-electron chi connectivity index (χ3n) is 8.20. The number of carbonyl (C=O) groups is 2. The molecule has 0 radical (unpaired) electrons. The van der Waals surface area contributed by atoms with E-state index in [1.165, 1.54) is 7.11 Å². The number of Topliss-reactive ketones (excluding diaryl/α,β-unsaturated/α-hetero) is 2. The lowest BCUT2D eigenvalue weighted by Gasteiger charge is -2.39. The second kappa shape index (κ2) is 10.3. The zero-order valence-corrected chi connectivity index (χ0v) is 21.1. The van der Waals surface area contributed by atoms with Crippen molar-refractivity contribution in [3.63, 3.8) is 0 Å². The Labute approximate surface area is 215 Å². The molecule has 5 rings (SSSR count). The van der Waals surface area contributed by atoms with Crippen LogP contribution in [0.2, 0.25) is 0 Å². The van der Waals surface area contributed by atoms with Crippen molar-refractivity contribution in [1.29, 1.82) is 0 Å². The summed E-state index contributed by atoms with van der Waals surface area (Å²) in [5.74, 6) is -2.31. The molecule has 1 aliphatic heterocycles. The molecule has 1 aromatic carbocycles. The number of carbonyl (C=O) groups excluding carboxylic acids is 2. The molecule has 4 aliphatic rings. The highest BCUT2D eigenvalue weighted by molar-refractivity contribution is 6.15. The van der Waals surface area contributed by atoms with Gasteiger partial charge in [-0.1, -0.05) is 19.1 Å². The average molecular weight is 515 g/mol. The highest BCUT2D eigenvalue weighted by atomic mass is 16.7. The molecule has 9 heteroatoms. The van der Waals surface area contributed by atoms with Gasteiger partial charge in [0.25, 0.3) is 0 Å². The summed E-state index contributed by atoms with van der Waals surface area (Å²) in [7, 11) is 1.48. The fraction of sp³-hybridized carbons (Fsp3) is 0.571. The van der Waals surface area contributed by atoms with E-state index in [0.29, 0.717) is 18.4 Å². The second-order valence-electron chi connectivity index (χ2n) is 10.3. The number of phenols is 2. The SMILES string of the molecule is CCC1CCCC(OC2CC(C(=O)CO)Cc3c(O)c4c(c(O)c32)C(=O)C2=C(C=CCC2OC)C4O)O1. The summed E-state index contributed by atoms with van der Waals surface area (Å²) in [4.78, 5) is 26.3. The molecule has 200 valence electrons. The highest BCUT2D eigenvalue weighted by Gasteiger charge is 2.45. The predicted molar refractivity (Wildman–Crippen MR) is 131 cm³/mol. The molecule has 37 heavy (non-hydrogen) atoms. The quantitative estimate of drug-likeness (QED) is 0.421. The Morgan fingerprint density at radius 2 is 1.95 bits per heavy atom. The van der Waals surface area contributed by atoms with Gasteiger partial charge in [0.05, 0.1) is 23.9 Å². The van der Waals surface area contributed by atoms with E-state index in [4.69, 9.17) is 14.2 Å². The number of aliphatic hydroxyl groups excluding tert-OH is 2. The van der Waals surface area contributed by atoms with Crippen LogP contribution in [0.3, 0.4) is 0 Å². The van der Waals surface area contributed by atoms with Gasteiger partial charge in [0, 0.05) is 35.3 Å². The average Bonchev–Trinajstić information content (AvgIpc) is 2.92. The van der Waals surface area contributed by atoms with Crippen LogP contribution < -0.4 is 0 Å². The summed E-state index contributed by atoms with van der Waals surface area (Å²) >= 11 is 0. The Morgan fingerprint density at radius 1 is 1.16 bits per heavy atom. The van der Waals surface area contributed by atoms with E-state index >= 15 is 0 Å². The first-order valence-electron chi connectivity index (χ1n) is 13.0. The number of phenolic OH excluding ortho intramolecular Hbond substituents is 2. The third kappa shape index (κ3) is 4.32. The fourth-order valence-corrected chi connectivity index (χ4v) is 6.25. The van der Waals surface area contributed by atoms with E-state index < -0.39 is 48.7 Å². The standard InChI is InChI=1S/C28H34O9/c1-3-14-6-4-9-20(36-14)37-19-11-13(17(30)12-29)10-16-22(19)28(34)24-23(26(16)32)25(31)15-7-5-8-18(35-2)21(15)27(24)33/h5,7,13-14,18-20,25,29,31-32,34H,3-4,6,8-12H2,1-2H3. The van der Waals surface area contributed by atoms with Gasteiger partial charge in [-0.05, 0) is 50.5 Å². The van der Waals surface area contributed by atoms with Gasteiger partial charge >= 0.3 is 0 Å². The highest BCUT2D eigenvalue weighted by Crippen LogP contribution is 2.54. The molecule has 1 aromatic rings. The molecule has 6 unspecified atom stereocenters. The van der Waals surface area contributed by atoms with Crippen LogP contribution in [0, 0.1) is 5.92 Å². The van der Waals surface area contributed by atoms with Crippen molar-refractivity contribution < 1.29 is 44.2 Å². The van der Waals surface area contributed by atoms with E-state index in [2.05, 4.69) is 0 Å². The number of hydrogen-bond donors (Lipinski definition) is 4. The monoisotopic (exact) mass is 514 g/mol. The maximum absolute atomic E-state index is 13.7. The van der Waals surface area contributed by atoms with E-state index in [1.807, 2.05) is 6.92 Å². The number of methoxy groups -OCH3 is 1. The van der Waals surface area contributed by atoms with Crippen molar-refractivity contribution in [1.82, 2.24) is 0 Å². The number of aromatic hydroxyl groups is 2. The molecule has 0 bridgehead atoms. The molecule has 0 saturated carbocycles. The number of fused-ring (bicyclic) bond motifs is 2. The summed E-state index contributed by atoms with van der Waals surface area (Å²) in [6, 6.07) is 0. The Hall–Kier alpha value is -2.56. The van der Waals surface area contributed by atoms with Crippen molar-refractivity contribution in [2.75, 3.05) is 13.7 Å². The van der Waals surface area contributed by atoms with Crippen LogP contribution in [0.4, 0.5) is 0 Å². The van der Waals surface area contributed by atoms with Crippen molar-refractivity contribution in [2.45, 2.75) is 82.6 Å². The van der Waals surface area contributed by atoms with Crippen LogP contribution in [0.5, 0.6) is 11.5 Å². The van der Waals surface area contributed by atoms with Crippen LogP contribution in [0.1, 0.15) is 84.7 Å². The zero-order valence-electron chi connectivity index (χ0n) is 21.1. The normalized spacial score (nSPS) is 31.1. The molecule has 0 amide bonds. The lowest BCUT2D eigenvalue weighted by molar-refractivity contribution is -0.220. The summed E-state index contributed by atoms with van der Waals surface area (Å²) in [5, 5.41) is 43.8. The van der Waals surface area contributed by atoms with Gasteiger partial charge in [-0.25, -0.2) is 0 Å². The first-order valence-corrected chi connectivity index (χ1v) is 13.0. The third-order valence-corrected chi connectivity index (χ3v) is 8.20. The maximum Gasteiger partial charge on any atom is 0.196 e. The number of ketones is 2. The number of rotatable bonds is 6. The topological polar surface area (TPSA) is 143 Å². The molecule has 3 aliphatic carbocycles. The zero-order chi connectivity index (χ0) is 26.4. The summed E-state index contributed by atoms with van der Waals surface area (Å²) < 4.78 is 17.8. The van der Waals surface area contributed by atoms with Crippen LogP contribution >= 0.6 is 0 Å². The van der Waals surface area contributed by atoms with E-state index in [1.54, 1.807) is 12.2 Å². The first-order chi connectivity index (χ1) is 17.8. The molecular weight excluding hydrogens is 480 g/mol. The van der Waals surface area contributed by atoms with Crippen molar-refractivity contribution in [3.8, 4) is 11.5 Å². The molecular formula is C28H34O9. The Kier molecular flexibility index (Phi) is 7.26. The fourth-order valence-electron chi connectivity index (χ4n) is 6.25. The van der Waals surface area contributed by atoms with Crippen molar-refractivity contribution in [2.24, 2.45) is 5.92 Å². The smallest absolute Gasteiger partial charge is 0.196 e. The minimum atomic E-state index is -1.37. The molecule has 1 saturated heterocycles. The minimum Gasteiger partial charge on any atom is -0.507 e. The molecule has 1 heterocycles. The molecule has 1 fully saturated rings. The van der Waals surface area contributed by atoms with Gasteiger partial charge in [-0.15, -0.1) is 0 Å². The second-order valence-corrected chi connectivity index (χ2v) is 10.3. The summed E-state index contributed by atoms with van der Waals surface area (Å²) in [6.45, 7) is 1.37. The van der Waals surface area contributed by atoms with Gasteiger partial charge in [0.2, 0.25) is 0 Å². The minimum absolute atomic E-state index is 0.0354. The van der Waals surface area contributed by atoms with Crippen LogP contribution in [-0.2, 0) is 25.4 Å². The molecule has 0 aromatic heterocycles. The Bertz CT molecular complexity index is 1170. The maximum atomic E-state index is 13.7. The van der Waals surface area contributed by atoms with Crippen molar-refractivity contribution in [3.05, 3.63) is 45.6 Å². The van der Waals surface area contributed by atoms with E-state index in [9.17, 15) is 30.0 Å². The van der Waals surface area contributed by atoms with Crippen LogP contribution in [0.25, 0.3) is 0 Å². The van der Waals surface area contributed by atoms with Crippen molar-refractivity contribution >= 4 is 11.6 Å². The predicted octanol–water partition coefficient (Wildman–Crippen LogP) is 3.09. The molecule has 4 N–H and O–H groups in total. The molecule has 0 spiro atoms.